The summed E-state index contributed by atoms with van der Waals surface area (Å²) in [5.41, 5.74) is 4.44. The van der Waals surface area contributed by atoms with Crippen LogP contribution >= 0.6 is 23.4 Å². The van der Waals surface area contributed by atoms with Gasteiger partial charge in [-0.05, 0) is 90.1 Å². The number of ether oxygens (including phenoxy) is 1. The molecular formula is C31H29ClFNO5S. The predicted molar refractivity (Wildman–Crippen MR) is 156 cm³/mol. The molecule has 208 valence electrons. The van der Waals surface area contributed by atoms with Crippen molar-refractivity contribution in [3.63, 3.8) is 0 Å². The largest absolute Gasteiger partial charge is 0.480 e. The summed E-state index contributed by atoms with van der Waals surface area (Å²) in [6.07, 6.45) is 2.22. The third-order valence-corrected chi connectivity index (χ3v) is 7.29. The van der Waals surface area contributed by atoms with E-state index in [0.717, 1.165) is 16.7 Å². The molecule has 0 radical (unpaired) electrons. The van der Waals surface area contributed by atoms with Crippen molar-refractivity contribution >= 4 is 35.2 Å². The van der Waals surface area contributed by atoms with Crippen LogP contribution in [0.1, 0.15) is 33.7 Å². The SMILES string of the molecule is CSCC[C@H](NC(=O)c1ccc(COCc2ccc(-c3ccc(F)c(Cl)c3)o2)cc1-c1ccccc1C)C(=O)O. The topological polar surface area (TPSA) is 88.8 Å². The molecule has 9 heteroatoms. The van der Waals surface area contributed by atoms with E-state index in [-0.39, 0.29) is 18.2 Å². The zero-order chi connectivity index (χ0) is 28.6. The molecule has 3 aromatic carbocycles. The van der Waals surface area contributed by atoms with Crippen molar-refractivity contribution in [3.05, 3.63) is 106 Å². The lowest BCUT2D eigenvalue weighted by molar-refractivity contribution is -0.139. The number of nitrogens with one attached hydrogen (secondary N) is 1. The maximum atomic E-state index is 13.5. The van der Waals surface area contributed by atoms with Crippen molar-refractivity contribution in [3.8, 4) is 22.5 Å². The second-order valence-corrected chi connectivity index (χ2v) is 10.6. The normalized spacial score (nSPS) is 11.8. The first-order chi connectivity index (χ1) is 19.3. The molecule has 0 spiro atoms. The van der Waals surface area contributed by atoms with E-state index in [0.29, 0.717) is 40.4 Å². The van der Waals surface area contributed by atoms with Crippen LogP contribution in [0.4, 0.5) is 4.39 Å². The molecule has 0 bridgehead atoms. The zero-order valence-corrected chi connectivity index (χ0v) is 23.7. The van der Waals surface area contributed by atoms with Crippen molar-refractivity contribution < 1.29 is 28.2 Å². The standard InChI is InChI=1S/C31H29ClFNO5S/c1-19-5-3-4-6-23(19)25-15-20(7-10-24(25)30(35)34-28(31(36)37)13-14-40-2)17-38-18-22-9-12-29(39-22)21-8-11-27(33)26(32)16-21/h3-12,15-16,28H,13-14,17-18H2,1-2H3,(H,34,35)(H,36,37)/t28-/m0/s1. The van der Waals surface area contributed by atoms with Crippen LogP contribution in [0, 0.1) is 12.7 Å². The average Bonchev–Trinajstić information content (AvgIpc) is 3.41. The van der Waals surface area contributed by atoms with Crippen molar-refractivity contribution in [2.75, 3.05) is 12.0 Å². The van der Waals surface area contributed by atoms with Crippen molar-refractivity contribution in [2.24, 2.45) is 0 Å². The minimum absolute atomic E-state index is 0.0201. The highest BCUT2D eigenvalue weighted by molar-refractivity contribution is 7.98. The lowest BCUT2D eigenvalue weighted by Crippen LogP contribution is -2.41. The molecule has 0 saturated carbocycles. The van der Waals surface area contributed by atoms with Gasteiger partial charge in [-0.1, -0.05) is 41.9 Å². The number of carbonyl (C=O) groups excluding carboxylic acids is 1. The number of carboxylic acids is 1. The monoisotopic (exact) mass is 581 g/mol. The van der Waals surface area contributed by atoms with Gasteiger partial charge in [-0.2, -0.15) is 11.8 Å². The molecule has 0 aliphatic heterocycles. The Hall–Kier alpha value is -3.59. The number of furan rings is 1. The molecule has 1 heterocycles. The van der Waals surface area contributed by atoms with Crippen LogP contribution in [0.15, 0.2) is 77.2 Å². The fourth-order valence-electron chi connectivity index (χ4n) is 4.24. The van der Waals surface area contributed by atoms with E-state index in [1.165, 1.54) is 23.9 Å². The molecular weight excluding hydrogens is 553 g/mol. The molecule has 2 N–H and O–H groups in total. The first kappa shape index (κ1) is 29.4. The maximum absolute atomic E-state index is 13.5. The fraction of sp³-hybridized carbons (Fsp3) is 0.226. The Morgan fingerprint density at radius 1 is 1.05 bits per heavy atom. The van der Waals surface area contributed by atoms with E-state index in [1.807, 2.05) is 43.5 Å². The van der Waals surface area contributed by atoms with E-state index in [2.05, 4.69) is 5.32 Å². The van der Waals surface area contributed by atoms with E-state index in [1.54, 1.807) is 30.3 Å². The van der Waals surface area contributed by atoms with Gasteiger partial charge in [0.15, 0.2) is 0 Å². The number of rotatable bonds is 12. The average molecular weight is 582 g/mol. The Morgan fingerprint density at radius 2 is 1.85 bits per heavy atom. The first-order valence-corrected chi connectivity index (χ1v) is 14.4. The Labute approximate surface area is 241 Å². The second kappa shape index (κ2) is 13.7. The van der Waals surface area contributed by atoms with Crippen LogP contribution in [-0.2, 0) is 22.7 Å². The van der Waals surface area contributed by atoms with Crippen LogP contribution in [0.5, 0.6) is 0 Å². The van der Waals surface area contributed by atoms with Gasteiger partial charge < -0.3 is 19.6 Å². The number of hydrogen-bond acceptors (Lipinski definition) is 5. The van der Waals surface area contributed by atoms with E-state index < -0.39 is 23.7 Å². The molecule has 0 unspecified atom stereocenters. The summed E-state index contributed by atoms with van der Waals surface area (Å²) < 4.78 is 25.2. The second-order valence-electron chi connectivity index (χ2n) is 9.23. The Bertz CT molecular complexity index is 1500. The van der Waals surface area contributed by atoms with Gasteiger partial charge in [-0.3, -0.25) is 4.79 Å². The molecule has 1 amide bonds. The van der Waals surface area contributed by atoms with Crippen molar-refractivity contribution in [1.82, 2.24) is 5.32 Å². The molecule has 0 aliphatic carbocycles. The minimum atomic E-state index is -1.06. The smallest absolute Gasteiger partial charge is 0.326 e. The van der Waals surface area contributed by atoms with Crippen molar-refractivity contribution in [1.29, 1.82) is 0 Å². The highest BCUT2D eigenvalue weighted by Crippen LogP contribution is 2.30. The van der Waals surface area contributed by atoms with E-state index in [4.69, 9.17) is 20.8 Å². The number of carbonyl (C=O) groups is 2. The number of carboxylic acid groups (broad SMARTS) is 1. The maximum Gasteiger partial charge on any atom is 0.326 e. The quantitative estimate of drug-likeness (QED) is 0.182. The van der Waals surface area contributed by atoms with E-state index in [9.17, 15) is 19.1 Å². The first-order valence-electron chi connectivity index (χ1n) is 12.6. The molecule has 4 aromatic rings. The summed E-state index contributed by atoms with van der Waals surface area (Å²) in [6.45, 7) is 2.42. The van der Waals surface area contributed by atoms with Gasteiger partial charge in [0.05, 0.1) is 11.6 Å². The molecule has 0 saturated heterocycles. The molecule has 1 aromatic heterocycles. The third kappa shape index (κ3) is 7.33. The van der Waals surface area contributed by atoms with Gasteiger partial charge >= 0.3 is 5.97 Å². The molecule has 40 heavy (non-hydrogen) atoms. The molecule has 0 fully saturated rings. The van der Waals surface area contributed by atoms with Crippen LogP contribution in [0.2, 0.25) is 5.02 Å². The summed E-state index contributed by atoms with van der Waals surface area (Å²) >= 11 is 7.41. The number of benzene rings is 3. The van der Waals surface area contributed by atoms with Crippen LogP contribution in [0.25, 0.3) is 22.5 Å². The Balaban J connectivity index is 1.50. The summed E-state index contributed by atoms with van der Waals surface area (Å²) in [7, 11) is 0. The lowest BCUT2D eigenvalue weighted by atomic mass is 9.93. The Kier molecular flexibility index (Phi) is 10.0. The molecule has 6 nitrogen and oxygen atoms in total. The highest BCUT2D eigenvalue weighted by atomic mass is 35.5. The summed E-state index contributed by atoms with van der Waals surface area (Å²) in [5, 5.41) is 12.3. The number of thioether (sulfide) groups is 1. The van der Waals surface area contributed by atoms with Gasteiger partial charge in [0.25, 0.3) is 5.91 Å². The van der Waals surface area contributed by atoms with Gasteiger partial charge in [-0.15, -0.1) is 0 Å². The van der Waals surface area contributed by atoms with Gasteiger partial charge in [0, 0.05) is 11.1 Å². The number of hydrogen-bond donors (Lipinski definition) is 2. The highest BCUT2D eigenvalue weighted by Gasteiger charge is 2.23. The lowest BCUT2D eigenvalue weighted by Gasteiger charge is -2.17. The number of amides is 1. The minimum Gasteiger partial charge on any atom is -0.480 e. The molecule has 4 rings (SSSR count). The Morgan fingerprint density at radius 3 is 2.58 bits per heavy atom. The number of halogens is 2. The molecule has 1 atom stereocenters. The van der Waals surface area contributed by atoms with Crippen LogP contribution in [-0.4, -0.2) is 35.0 Å². The summed E-state index contributed by atoms with van der Waals surface area (Å²) in [5.74, 6) is -0.235. The number of aryl methyl sites for hydroxylation is 1. The third-order valence-electron chi connectivity index (χ3n) is 6.36. The number of aliphatic carboxylic acids is 1. The zero-order valence-electron chi connectivity index (χ0n) is 22.1. The predicted octanol–water partition coefficient (Wildman–Crippen LogP) is 7.37. The van der Waals surface area contributed by atoms with E-state index >= 15 is 0 Å². The summed E-state index contributed by atoms with van der Waals surface area (Å²) in [4.78, 5) is 25.0. The fourth-order valence-corrected chi connectivity index (χ4v) is 4.89. The summed E-state index contributed by atoms with van der Waals surface area (Å²) in [6, 6.07) is 20.1. The van der Waals surface area contributed by atoms with Crippen LogP contribution < -0.4 is 5.32 Å². The van der Waals surface area contributed by atoms with Crippen LogP contribution in [0.3, 0.4) is 0 Å². The van der Waals surface area contributed by atoms with Gasteiger partial charge in [0.1, 0.15) is 30.0 Å². The van der Waals surface area contributed by atoms with Crippen molar-refractivity contribution in [2.45, 2.75) is 32.6 Å². The van der Waals surface area contributed by atoms with Gasteiger partial charge in [0.2, 0.25) is 0 Å². The van der Waals surface area contributed by atoms with Gasteiger partial charge in [-0.25, -0.2) is 9.18 Å². The molecule has 0 aliphatic rings.